The third kappa shape index (κ3) is 4.13. The van der Waals surface area contributed by atoms with E-state index in [1.54, 1.807) is 19.2 Å². The van der Waals surface area contributed by atoms with Gasteiger partial charge in [0, 0.05) is 6.04 Å². The van der Waals surface area contributed by atoms with Gasteiger partial charge in [0.2, 0.25) is 0 Å². The molecule has 1 fully saturated rings. The molecule has 2 atom stereocenters. The SMILES string of the molecule is COc1ccc(OCC(=O)N[C@H]2CC[C@@H](C(=O)O)C2)cc1C. The molecule has 1 saturated carbocycles. The molecule has 6 nitrogen and oxygen atoms in total. The summed E-state index contributed by atoms with van der Waals surface area (Å²) in [6.45, 7) is 1.82. The number of aliphatic carboxylic acids is 1. The van der Waals surface area contributed by atoms with E-state index in [0.717, 1.165) is 11.3 Å². The van der Waals surface area contributed by atoms with E-state index in [1.165, 1.54) is 0 Å². The summed E-state index contributed by atoms with van der Waals surface area (Å²) in [7, 11) is 1.60. The molecule has 0 bridgehead atoms. The maximum Gasteiger partial charge on any atom is 0.306 e. The number of benzene rings is 1. The van der Waals surface area contributed by atoms with Crippen LogP contribution in [0.25, 0.3) is 0 Å². The average Bonchev–Trinajstić information content (AvgIpc) is 2.94. The van der Waals surface area contributed by atoms with Crippen molar-refractivity contribution in [3.05, 3.63) is 23.8 Å². The predicted octanol–water partition coefficient (Wildman–Crippen LogP) is 1.75. The van der Waals surface area contributed by atoms with Gasteiger partial charge in [0.05, 0.1) is 13.0 Å². The Morgan fingerprint density at radius 1 is 1.36 bits per heavy atom. The Kier molecular flexibility index (Phi) is 5.25. The van der Waals surface area contributed by atoms with Gasteiger partial charge in [-0.15, -0.1) is 0 Å². The zero-order valence-electron chi connectivity index (χ0n) is 12.8. The van der Waals surface area contributed by atoms with Crippen LogP contribution in [0.1, 0.15) is 24.8 Å². The number of carboxylic acid groups (broad SMARTS) is 1. The van der Waals surface area contributed by atoms with Crippen molar-refractivity contribution in [1.82, 2.24) is 5.32 Å². The van der Waals surface area contributed by atoms with Crippen LogP contribution < -0.4 is 14.8 Å². The first kappa shape index (κ1) is 16.1. The molecule has 6 heteroatoms. The van der Waals surface area contributed by atoms with E-state index in [-0.39, 0.29) is 24.5 Å². The molecule has 1 aromatic rings. The van der Waals surface area contributed by atoms with Crippen LogP contribution in [-0.2, 0) is 9.59 Å². The van der Waals surface area contributed by atoms with Crippen molar-refractivity contribution in [3.8, 4) is 11.5 Å². The van der Waals surface area contributed by atoms with Crippen molar-refractivity contribution in [2.45, 2.75) is 32.2 Å². The van der Waals surface area contributed by atoms with E-state index < -0.39 is 5.97 Å². The molecule has 1 aliphatic carbocycles. The van der Waals surface area contributed by atoms with E-state index in [2.05, 4.69) is 5.32 Å². The molecule has 1 aromatic carbocycles. The number of methoxy groups -OCH3 is 1. The molecule has 2 N–H and O–H groups in total. The van der Waals surface area contributed by atoms with Crippen LogP contribution in [-0.4, -0.2) is 36.7 Å². The second-order valence-corrected chi connectivity index (χ2v) is 5.53. The molecule has 22 heavy (non-hydrogen) atoms. The van der Waals surface area contributed by atoms with E-state index in [9.17, 15) is 9.59 Å². The van der Waals surface area contributed by atoms with Crippen molar-refractivity contribution in [2.24, 2.45) is 5.92 Å². The van der Waals surface area contributed by atoms with Crippen molar-refractivity contribution in [2.75, 3.05) is 13.7 Å². The van der Waals surface area contributed by atoms with Crippen LogP contribution in [0.15, 0.2) is 18.2 Å². The van der Waals surface area contributed by atoms with Gasteiger partial charge in [-0.2, -0.15) is 0 Å². The van der Waals surface area contributed by atoms with Crippen molar-refractivity contribution in [1.29, 1.82) is 0 Å². The highest BCUT2D eigenvalue weighted by Crippen LogP contribution is 2.26. The van der Waals surface area contributed by atoms with E-state index in [4.69, 9.17) is 14.6 Å². The van der Waals surface area contributed by atoms with Crippen LogP contribution in [0, 0.1) is 12.8 Å². The Balaban J connectivity index is 1.78. The molecular formula is C16H21NO5. The second-order valence-electron chi connectivity index (χ2n) is 5.53. The summed E-state index contributed by atoms with van der Waals surface area (Å²) in [5.41, 5.74) is 0.931. The summed E-state index contributed by atoms with van der Waals surface area (Å²) >= 11 is 0. The molecule has 1 amide bonds. The molecule has 0 radical (unpaired) electrons. The van der Waals surface area contributed by atoms with Gasteiger partial charge in [0.15, 0.2) is 6.61 Å². The largest absolute Gasteiger partial charge is 0.496 e. The van der Waals surface area contributed by atoms with E-state index >= 15 is 0 Å². The summed E-state index contributed by atoms with van der Waals surface area (Å²) in [6.07, 6.45) is 1.80. The zero-order valence-corrected chi connectivity index (χ0v) is 12.8. The third-order valence-electron chi connectivity index (χ3n) is 3.88. The van der Waals surface area contributed by atoms with Gasteiger partial charge >= 0.3 is 5.97 Å². The highest BCUT2D eigenvalue weighted by atomic mass is 16.5. The fourth-order valence-electron chi connectivity index (χ4n) is 2.70. The predicted molar refractivity (Wildman–Crippen MR) is 80.1 cm³/mol. The maximum absolute atomic E-state index is 11.8. The third-order valence-corrected chi connectivity index (χ3v) is 3.88. The van der Waals surface area contributed by atoms with Crippen molar-refractivity contribution in [3.63, 3.8) is 0 Å². The number of hydrogen-bond acceptors (Lipinski definition) is 4. The Bertz CT molecular complexity index is 557. The molecule has 0 aliphatic heterocycles. The number of amides is 1. The first-order valence-corrected chi connectivity index (χ1v) is 7.29. The summed E-state index contributed by atoms with van der Waals surface area (Å²) in [6, 6.07) is 5.27. The molecular weight excluding hydrogens is 286 g/mol. The lowest BCUT2D eigenvalue weighted by molar-refractivity contribution is -0.141. The minimum absolute atomic E-state index is 0.0743. The first-order chi connectivity index (χ1) is 10.5. The monoisotopic (exact) mass is 307 g/mol. The van der Waals surface area contributed by atoms with Gasteiger partial charge in [0.25, 0.3) is 5.91 Å². The molecule has 0 heterocycles. The minimum Gasteiger partial charge on any atom is -0.496 e. The molecule has 120 valence electrons. The van der Waals surface area contributed by atoms with E-state index in [1.807, 2.05) is 13.0 Å². The summed E-state index contributed by atoms with van der Waals surface area (Å²) in [5, 5.41) is 11.8. The van der Waals surface area contributed by atoms with Gasteiger partial charge < -0.3 is 19.9 Å². The number of carbonyl (C=O) groups is 2. The normalized spacial score (nSPS) is 20.5. The number of hydrogen-bond donors (Lipinski definition) is 2. The van der Waals surface area contributed by atoms with Gasteiger partial charge in [0.1, 0.15) is 11.5 Å². The first-order valence-electron chi connectivity index (χ1n) is 7.29. The topological polar surface area (TPSA) is 84.9 Å². The molecule has 0 spiro atoms. The average molecular weight is 307 g/mol. The number of aryl methyl sites for hydroxylation is 1. The Morgan fingerprint density at radius 2 is 2.14 bits per heavy atom. The van der Waals surface area contributed by atoms with Crippen LogP contribution in [0.4, 0.5) is 0 Å². The zero-order chi connectivity index (χ0) is 16.1. The summed E-state index contributed by atoms with van der Waals surface area (Å²) in [4.78, 5) is 22.7. The van der Waals surface area contributed by atoms with Gasteiger partial charge in [-0.3, -0.25) is 9.59 Å². The van der Waals surface area contributed by atoms with Gasteiger partial charge in [-0.25, -0.2) is 0 Å². The molecule has 0 saturated heterocycles. The lowest BCUT2D eigenvalue weighted by atomic mass is 10.1. The lowest BCUT2D eigenvalue weighted by Gasteiger charge is -2.13. The van der Waals surface area contributed by atoms with Gasteiger partial charge in [-0.05, 0) is 49.9 Å². The highest BCUT2D eigenvalue weighted by Gasteiger charge is 2.30. The molecule has 0 aromatic heterocycles. The fraction of sp³-hybridized carbons (Fsp3) is 0.500. The molecule has 2 rings (SSSR count). The van der Waals surface area contributed by atoms with Crippen LogP contribution in [0.3, 0.4) is 0 Å². The number of rotatable bonds is 6. The second kappa shape index (κ2) is 7.15. The number of nitrogens with one attached hydrogen (secondary N) is 1. The van der Waals surface area contributed by atoms with Crippen LogP contribution >= 0.6 is 0 Å². The Hall–Kier alpha value is -2.24. The van der Waals surface area contributed by atoms with Crippen molar-refractivity contribution >= 4 is 11.9 Å². The van der Waals surface area contributed by atoms with Crippen LogP contribution in [0.2, 0.25) is 0 Å². The fourth-order valence-corrected chi connectivity index (χ4v) is 2.70. The Labute approximate surface area is 129 Å². The number of carbonyl (C=O) groups excluding carboxylic acids is 1. The lowest BCUT2D eigenvalue weighted by Crippen LogP contribution is -2.36. The summed E-state index contributed by atoms with van der Waals surface area (Å²) in [5.74, 6) is -0.00701. The van der Waals surface area contributed by atoms with Crippen molar-refractivity contribution < 1.29 is 24.2 Å². The number of carboxylic acids is 1. The molecule has 0 unspecified atom stereocenters. The smallest absolute Gasteiger partial charge is 0.306 e. The highest BCUT2D eigenvalue weighted by molar-refractivity contribution is 5.78. The quantitative estimate of drug-likeness (QED) is 0.836. The summed E-state index contributed by atoms with van der Waals surface area (Å²) < 4.78 is 10.6. The standard InChI is InChI=1S/C16H21NO5/c1-10-7-13(5-6-14(10)21-2)22-9-15(18)17-12-4-3-11(8-12)16(19)20/h5-7,11-12H,3-4,8-9H2,1-2H3,(H,17,18)(H,19,20)/t11-,12+/m1/s1. The van der Waals surface area contributed by atoms with Crippen LogP contribution in [0.5, 0.6) is 11.5 Å². The van der Waals surface area contributed by atoms with Gasteiger partial charge in [-0.1, -0.05) is 0 Å². The Morgan fingerprint density at radius 3 is 2.73 bits per heavy atom. The maximum atomic E-state index is 11.8. The number of ether oxygens (including phenoxy) is 2. The van der Waals surface area contributed by atoms with E-state index in [0.29, 0.717) is 25.0 Å². The molecule has 1 aliphatic rings. The minimum atomic E-state index is -0.790.